The van der Waals surface area contributed by atoms with Gasteiger partial charge in [-0.05, 0) is 32.4 Å². The summed E-state index contributed by atoms with van der Waals surface area (Å²) in [5.74, 6) is -0.727. The molecule has 0 bridgehead atoms. The molecule has 2 aromatic heterocycles. The Balaban J connectivity index is 2.29. The fraction of sp³-hybridized carbons (Fsp3) is 0.385. The van der Waals surface area contributed by atoms with E-state index in [1.807, 2.05) is 13.8 Å². The van der Waals surface area contributed by atoms with E-state index in [4.69, 9.17) is 0 Å². The second kappa shape index (κ2) is 5.80. The van der Waals surface area contributed by atoms with Crippen molar-refractivity contribution in [1.29, 1.82) is 0 Å². The largest absolute Gasteiger partial charge is 0.276 e. The molecule has 0 saturated carbocycles. The molecule has 0 amide bonds. The monoisotopic (exact) mass is 312 g/mol. The summed E-state index contributed by atoms with van der Waals surface area (Å²) >= 11 is 0. The summed E-state index contributed by atoms with van der Waals surface area (Å²) in [4.78, 5) is 3.25. The van der Waals surface area contributed by atoms with E-state index in [0.717, 1.165) is 24.4 Å². The zero-order valence-corrected chi connectivity index (χ0v) is 12.9. The van der Waals surface area contributed by atoms with Crippen molar-refractivity contribution >= 4 is 15.7 Å². The number of nitrogens with zero attached hydrogens (tertiary/aromatic N) is 3. The lowest BCUT2D eigenvalue weighted by Gasteiger charge is -2.12. The molecular formula is C13H17FN4O2S. The lowest BCUT2D eigenvalue weighted by molar-refractivity contribution is 0.468. The summed E-state index contributed by atoms with van der Waals surface area (Å²) in [5.41, 5.74) is 1.13. The quantitative estimate of drug-likeness (QED) is 0.861. The van der Waals surface area contributed by atoms with E-state index in [1.165, 1.54) is 12.3 Å². The molecule has 0 fully saturated rings. The highest BCUT2D eigenvalue weighted by Crippen LogP contribution is 2.22. The molecule has 21 heavy (non-hydrogen) atoms. The first-order valence-electron chi connectivity index (χ1n) is 6.53. The van der Waals surface area contributed by atoms with Crippen LogP contribution in [0.25, 0.3) is 0 Å². The minimum absolute atomic E-state index is 0.0976. The van der Waals surface area contributed by atoms with E-state index in [0.29, 0.717) is 5.69 Å². The van der Waals surface area contributed by atoms with Crippen molar-refractivity contribution in [2.24, 2.45) is 0 Å². The first kappa shape index (κ1) is 15.4. The fourth-order valence-corrected chi connectivity index (χ4v) is 2.91. The van der Waals surface area contributed by atoms with Crippen molar-refractivity contribution < 1.29 is 12.8 Å². The van der Waals surface area contributed by atoms with E-state index in [2.05, 4.69) is 14.8 Å². The van der Waals surface area contributed by atoms with Gasteiger partial charge in [0.15, 0.2) is 0 Å². The maximum atomic E-state index is 12.8. The van der Waals surface area contributed by atoms with Crippen LogP contribution >= 0.6 is 0 Å². The first-order valence-corrected chi connectivity index (χ1v) is 8.02. The topological polar surface area (TPSA) is 76.9 Å². The molecule has 2 rings (SSSR count). The summed E-state index contributed by atoms with van der Waals surface area (Å²) in [6.45, 7) is 5.82. The van der Waals surface area contributed by atoms with Gasteiger partial charge in [0.1, 0.15) is 4.90 Å². The maximum absolute atomic E-state index is 12.8. The maximum Gasteiger partial charge on any atom is 0.263 e. The van der Waals surface area contributed by atoms with Crippen LogP contribution in [0.4, 0.5) is 10.1 Å². The number of aromatic nitrogens is 3. The molecule has 0 spiro atoms. The number of hydrogen-bond donors (Lipinski definition) is 1. The molecule has 1 N–H and O–H groups in total. The van der Waals surface area contributed by atoms with Crippen LogP contribution in [0.5, 0.6) is 0 Å². The number of pyridine rings is 1. The Bertz CT molecular complexity index is 725. The second-order valence-corrected chi connectivity index (χ2v) is 6.45. The van der Waals surface area contributed by atoms with Crippen LogP contribution in [0.2, 0.25) is 0 Å². The van der Waals surface area contributed by atoms with Crippen LogP contribution in [0, 0.1) is 12.9 Å². The van der Waals surface area contributed by atoms with Gasteiger partial charge in [-0.25, -0.2) is 13.4 Å². The van der Waals surface area contributed by atoms with E-state index < -0.39 is 16.0 Å². The van der Waals surface area contributed by atoms with Gasteiger partial charge in [-0.2, -0.15) is 9.49 Å². The molecular weight excluding hydrogens is 295 g/mol. The first-order chi connectivity index (χ1) is 9.85. The summed E-state index contributed by atoms with van der Waals surface area (Å²) in [6, 6.07) is 2.35. The van der Waals surface area contributed by atoms with Gasteiger partial charge in [-0.15, -0.1) is 0 Å². The standard InChI is InChI=1S/C13H17FN4O2S/c1-4-9(2)18-10(3)12(8-16-18)17-21(19,20)11-5-6-13(14)15-7-11/h5-9,17H,4H2,1-3H3/t9-/m0/s1. The van der Waals surface area contributed by atoms with Crippen molar-refractivity contribution in [2.45, 2.75) is 38.1 Å². The number of halogens is 1. The Morgan fingerprint density at radius 1 is 1.38 bits per heavy atom. The predicted octanol–water partition coefficient (Wildman–Crippen LogP) is 2.50. The number of hydrogen-bond acceptors (Lipinski definition) is 4. The van der Waals surface area contributed by atoms with Gasteiger partial charge in [0.05, 0.1) is 23.8 Å². The zero-order chi connectivity index (χ0) is 15.6. The molecule has 8 heteroatoms. The summed E-state index contributed by atoms with van der Waals surface area (Å²) in [5, 5.41) is 4.19. The van der Waals surface area contributed by atoms with Crippen LogP contribution in [0.15, 0.2) is 29.4 Å². The molecule has 0 aliphatic heterocycles. The van der Waals surface area contributed by atoms with Gasteiger partial charge >= 0.3 is 0 Å². The Labute approximate surface area is 123 Å². The van der Waals surface area contributed by atoms with E-state index in [1.54, 1.807) is 11.6 Å². The van der Waals surface area contributed by atoms with Crippen molar-refractivity contribution in [3.8, 4) is 0 Å². The lowest BCUT2D eigenvalue weighted by Crippen LogP contribution is -2.14. The van der Waals surface area contributed by atoms with Gasteiger partial charge in [0.25, 0.3) is 10.0 Å². The van der Waals surface area contributed by atoms with Crippen LogP contribution in [0.3, 0.4) is 0 Å². The minimum Gasteiger partial charge on any atom is -0.276 e. The number of rotatable bonds is 5. The van der Waals surface area contributed by atoms with E-state index >= 15 is 0 Å². The lowest BCUT2D eigenvalue weighted by atomic mass is 10.2. The Morgan fingerprint density at radius 2 is 2.10 bits per heavy atom. The SMILES string of the molecule is CC[C@H](C)n1ncc(NS(=O)(=O)c2ccc(F)nc2)c1C. The molecule has 114 valence electrons. The highest BCUT2D eigenvalue weighted by atomic mass is 32.2. The molecule has 2 heterocycles. The highest BCUT2D eigenvalue weighted by Gasteiger charge is 2.19. The van der Waals surface area contributed by atoms with Crippen LogP contribution in [-0.2, 0) is 10.0 Å². The molecule has 0 aromatic carbocycles. The molecule has 0 unspecified atom stereocenters. The second-order valence-electron chi connectivity index (χ2n) is 4.77. The van der Waals surface area contributed by atoms with Crippen molar-refractivity contribution in [3.05, 3.63) is 36.2 Å². The van der Waals surface area contributed by atoms with Crippen molar-refractivity contribution in [3.63, 3.8) is 0 Å². The highest BCUT2D eigenvalue weighted by molar-refractivity contribution is 7.92. The third-order valence-corrected chi connectivity index (χ3v) is 4.66. The minimum atomic E-state index is -3.80. The number of anilines is 1. The Morgan fingerprint density at radius 3 is 2.67 bits per heavy atom. The van der Waals surface area contributed by atoms with Gasteiger partial charge in [-0.3, -0.25) is 9.40 Å². The molecule has 1 atom stereocenters. The van der Waals surface area contributed by atoms with Crippen LogP contribution < -0.4 is 4.72 Å². The molecule has 0 aliphatic carbocycles. The smallest absolute Gasteiger partial charge is 0.263 e. The van der Waals surface area contributed by atoms with Gasteiger partial charge < -0.3 is 0 Å². The van der Waals surface area contributed by atoms with Crippen molar-refractivity contribution in [2.75, 3.05) is 4.72 Å². The summed E-state index contributed by atoms with van der Waals surface area (Å²) in [6.07, 6.45) is 3.33. The van der Waals surface area contributed by atoms with E-state index in [9.17, 15) is 12.8 Å². The van der Waals surface area contributed by atoms with Crippen LogP contribution in [0.1, 0.15) is 32.0 Å². The third kappa shape index (κ3) is 3.21. The van der Waals surface area contributed by atoms with Gasteiger partial charge in [-0.1, -0.05) is 6.92 Å². The summed E-state index contributed by atoms with van der Waals surface area (Å²) < 4.78 is 41.4. The average molecular weight is 312 g/mol. The van der Waals surface area contributed by atoms with E-state index in [-0.39, 0.29) is 10.9 Å². The summed E-state index contributed by atoms with van der Waals surface area (Å²) in [7, 11) is -3.80. The molecule has 6 nitrogen and oxygen atoms in total. The molecule has 0 radical (unpaired) electrons. The average Bonchev–Trinajstić information content (AvgIpc) is 2.79. The molecule has 0 aliphatic rings. The third-order valence-electron chi connectivity index (χ3n) is 3.31. The number of nitrogens with one attached hydrogen (secondary N) is 1. The number of sulfonamides is 1. The van der Waals surface area contributed by atoms with Gasteiger partial charge in [0, 0.05) is 6.04 Å². The van der Waals surface area contributed by atoms with Crippen molar-refractivity contribution in [1.82, 2.24) is 14.8 Å². The zero-order valence-electron chi connectivity index (χ0n) is 12.0. The normalized spacial score (nSPS) is 13.1. The molecule has 2 aromatic rings. The van der Waals surface area contributed by atoms with Gasteiger partial charge in [0.2, 0.25) is 5.95 Å². The molecule has 0 saturated heterocycles. The predicted molar refractivity (Wildman–Crippen MR) is 77.0 cm³/mol. The Hall–Kier alpha value is -1.96. The fourth-order valence-electron chi connectivity index (χ4n) is 1.87. The van der Waals surface area contributed by atoms with Crippen LogP contribution in [-0.4, -0.2) is 23.2 Å². The Kier molecular flexibility index (Phi) is 4.26.